The quantitative estimate of drug-likeness (QED) is 0.704. The third-order valence-electron chi connectivity index (χ3n) is 3.38. The van der Waals surface area contributed by atoms with Crippen molar-refractivity contribution in [1.29, 1.82) is 0 Å². The molecule has 1 aliphatic heterocycles. The first kappa shape index (κ1) is 19.5. The Morgan fingerprint density at radius 2 is 2.04 bits per heavy atom. The Hall–Kier alpha value is -1.87. The van der Waals surface area contributed by atoms with E-state index in [4.69, 9.17) is 4.74 Å². The summed E-state index contributed by atoms with van der Waals surface area (Å²) < 4.78 is 18.6. The average Bonchev–Trinajstić information content (AvgIpc) is 2.43. The molecule has 0 atom stereocenters. The van der Waals surface area contributed by atoms with Crippen LogP contribution in [0.1, 0.15) is 20.8 Å². The Morgan fingerprint density at radius 1 is 1.40 bits per heavy atom. The lowest BCUT2D eigenvalue weighted by Gasteiger charge is -2.46. The van der Waals surface area contributed by atoms with E-state index in [1.54, 1.807) is 20.8 Å². The molecule has 25 heavy (non-hydrogen) atoms. The molecule has 1 heterocycles. The van der Waals surface area contributed by atoms with Crippen LogP contribution in [0.5, 0.6) is 0 Å². The van der Waals surface area contributed by atoms with Gasteiger partial charge in [0.1, 0.15) is 17.0 Å². The number of rotatable bonds is 3. The molecule has 0 unspecified atom stereocenters. The maximum Gasteiger partial charge on any atom is 0.410 e. The maximum atomic E-state index is 13.0. The van der Waals surface area contributed by atoms with E-state index < -0.39 is 29.1 Å². The van der Waals surface area contributed by atoms with Crippen molar-refractivity contribution in [2.45, 2.75) is 32.0 Å². The van der Waals surface area contributed by atoms with Crippen molar-refractivity contribution in [2.24, 2.45) is 0 Å². The molecule has 1 fully saturated rings. The molecular weight excluding hydrogens is 397 g/mol. The molecule has 0 radical (unpaired) electrons. The highest BCUT2D eigenvalue weighted by Gasteiger charge is 2.45. The summed E-state index contributed by atoms with van der Waals surface area (Å²) >= 11 is 3.15. The molecule has 1 saturated heterocycles. The molecule has 0 aromatic heterocycles. The number of benzene rings is 1. The summed E-state index contributed by atoms with van der Waals surface area (Å²) in [5.74, 6) is -0.427. The van der Waals surface area contributed by atoms with Crippen LogP contribution >= 0.6 is 15.9 Å². The number of amides is 3. The summed E-state index contributed by atoms with van der Waals surface area (Å²) in [6.07, 6.45) is -0.503. The second-order valence-corrected chi connectivity index (χ2v) is 7.85. The van der Waals surface area contributed by atoms with Gasteiger partial charge in [0.15, 0.2) is 0 Å². The second kappa shape index (κ2) is 7.17. The molecule has 0 aliphatic carbocycles. The number of anilines is 1. The van der Waals surface area contributed by atoms with Crippen molar-refractivity contribution in [3.05, 3.63) is 28.5 Å². The van der Waals surface area contributed by atoms with Crippen LogP contribution in [-0.2, 0) is 4.74 Å². The molecule has 1 aromatic rings. The van der Waals surface area contributed by atoms with E-state index in [-0.39, 0.29) is 19.6 Å². The van der Waals surface area contributed by atoms with Gasteiger partial charge in [-0.1, -0.05) is 0 Å². The third-order valence-corrected chi connectivity index (χ3v) is 4.04. The zero-order valence-electron chi connectivity index (χ0n) is 14.2. The van der Waals surface area contributed by atoms with Crippen molar-refractivity contribution in [1.82, 2.24) is 10.2 Å². The first-order valence-corrected chi connectivity index (χ1v) is 8.47. The lowest BCUT2D eigenvalue weighted by molar-refractivity contribution is -0.0944. The molecule has 138 valence electrons. The molecule has 3 amide bonds. The van der Waals surface area contributed by atoms with Gasteiger partial charge in [-0.2, -0.15) is 0 Å². The molecular formula is C16H21BrFN3O4. The van der Waals surface area contributed by atoms with E-state index in [9.17, 15) is 19.1 Å². The zero-order valence-corrected chi connectivity index (χ0v) is 15.8. The van der Waals surface area contributed by atoms with Gasteiger partial charge >= 0.3 is 12.1 Å². The van der Waals surface area contributed by atoms with Gasteiger partial charge in [0, 0.05) is 4.47 Å². The summed E-state index contributed by atoms with van der Waals surface area (Å²) in [7, 11) is 0. The standard InChI is InChI=1S/C16H21BrFN3O4/c1-15(2,3)25-14(23)21-8-16(24,9-21)7-19-13(22)20-12-5-4-10(18)6-11(12)17/h4-6,24H,7-9H2,1-3H3,(H2,19,20,22). The highest BCUT2D eigenvalue weighted by Crippen LogP contribution is 2.24. The van der Waals surface area contributed by atoms with Gasteiger partial charge < -0.3 is 25.4 Å². The largest absolute Gasteiger partial charge is 0.444 e. The van der Waals surface area contributed by atoms with E-state index in [1.165, 1.54) is 23.1 Å². The first-order valence-electron chi connectivity index (χ1n) is 7.68. The highest BCUT2D eigenvalue weighted by molar-refractivity contribution is 9.10. The SMILES string of the molecule is CC(C)(C)OC(=O)N1CC(O)(CNC(=O)Nc2ccc(F)cc2Br)C1. The average molecular weight is 418 g/mol. The van der Waals surface area contributed by atoms with Crippen molar-refractivity contribution in [2.75, 3.05) is 25.0 Å². The topological polar surface area (TPSA) is 90.9 Å². The number of aliphatic hydroxyl groups is 1. The van der Waals surface area contributed by atoms with Gasteiger partial charge in [0.05, 0.1) is 25.3 Å². The fourth-order valence-corrected chi connectivity index (χ4v) is 2.68. The monoisotopic (exact) mass is 417 g/mol. The van der Waals surface area contributed by atoms with Crippen LogP contribution in [-0.4, -0.2) is 53.0 Å². The maximum absolute atomic E-state index is 13.0. The fraction of sp³-hybridized carbons (Fsp3) is 0.500. The number of hydrogen-bond donors (Lipinski definition) is 3. The van der Waals surface area contributed by atoms with Crippen molar-refractivity contribution in [3.8, 4) is 0 Å². The Bertz CT molecular complexity index is 672. The minimum atomic E-state index is -1.20. The van der Waals surface area contributed by atoms with E-state index in [2.05, 4.69) is 26.6 Å². The van der Waals surface area contributed by atoms with Crippen LogP contribution in [0.3, 0.4) is 0 Å². The third kappa shape index (κ3) is 5.57. The second-order valence-electron chi connectivity index (χ2n) is 6.99. The Balaban J connectivity index is 1.78. The van der Waals surface area contributed by atoms with Crippen LogP contribution in [0.15, 0.2) is 22.7 Å². The summed E-state index contributed by atoms with van der Waals surface area (Å²) in [5.41, 5.74) is -1.41. The van der Waals surface area contributed by atoms with Crippen molar-refractivity contribution in [3.63, 3.8) is 0 Å². The molecule has 0 spiro atoms. The molecule has 0 saturated carbocycles. The Morgan fingerprint density at radius 3 is 2.60 bits per heavy atom. The van der Waals surface area contributed by atoms with Gasteiger partial charge in [-0.25, -0.2) is 14.0 Å². The van der Waals surface area contributed by atoms with Crippen LogP contribution in [0, 0.1) is 5.82 Å². The first-order chi connectivity index (χ1) is 11.5. The van der Waals surface area contributed by atoms with Gasteiger partial charge in [-0.15, -0.1) is 0 Å². The van der Waals surface area contributed by atoms with E-state index in [0.717, 1.165) is 0 Å². The number of likely N-dealkylation sites (tertiary alicyclic amines) is 1. The van der Waals surface area contributed by atoms with Gasteiger partial charge in [0.2, 0.25) is 0 Å². The summed E-state index contributed by atoms with van der Waals surface area (Å²) in [6, 6.07) is 3.32. The van der Waals surface area contributed by atoms with E-state index in [0.29, 0.717) is 10.2 Å². The van der Waals surface area contributed by atoms with E-state index >= 15 is 0 Å². The number of carbonyl (C=O) groups excluding carboxylic acids is 2. The fourth-order valence-electron chi connectivity index (χ4n) is 2.23. The number of hydrogen-bond acceptors (Lipinski definition) is 4. The molecule has 0 bridgehead atoms. The highest BCUT2D eigenvalue weighted by atomic mass is 79.9. The van der Waals surface area contributed by atoms with Crippen LogP contribution in [0.25, 0.3) is 0 Å². The van der Waals surface area contributed by atoms with Crippen LogP contribution in [0.2, 0.25) is 0 Å². The van der Waals surface area contributed by atoms with Crippen molar-refractivity contribution < 1.29 is 23.8 Å². The smallest absolute Gasteiger partial charge is 0.410 e. The lowest BCUT2D eigenvalue weighted by atomic mass is 9.95. The predicted octanol–water partition coefficient (Wildman–Crippen LogP) is 2.69. The summed E-state index contributed by atoms with van der Waals surface area (Å²) in [4.78, 5) is 25.1. The molecule has 7 nitrogen and oxygen atoms in total. The number of urea groups is 1. The molecule has 9 heteroatoms. The minimum absolute atomic E-state index is 0.0308. The van der Waals surface area contributed by atoms with Gasteiger partial charge in [-0.3, -0.25) is 0 Å². The van der Waals surface area contributed by atoms with Gasteiger partial charge in [-0.05, 0) is 54.9 Å². The van der Waals surface area contributed by atoms with Crippen LogP contribution in [0.4, 0.5) is 19.7 Å². The number of ether oxygens (including phenoxy) is 1. The minimum Gasteiger partial charge on any atom is -0.444 e. The molecule has 2 rings (SSSR count). The van der Waals surface area contributed by atoms with Crippen molar-refractivity contribution >= 4 is 33.7 Å². The Kier molecular flexibility index (Phi) is 5.58. The predicted molar refractivity (Wildman–Crippen MR) is 93.9 cm³/mol. The lowest BCUT2D eigenvalue weighted by Crippen LogP contribution is -2.68. The molecule has 3 N–H and O–H groups in total. The Labute approximate surface area is 153 Å². The number of nitrogens with zero attached hydrogens (tertiary/aromatic N) is 1. The normalized spacial score (nSPS) is 16.0. The number of nitrogens with one attached hydrogen (secondary N) is 2. The zero-order chi connectivity index (χ0) is 18.8. The molecule has 1 aromatic carbocycles. The number of carbonyl (C=O) groups is 2. The summed E-state index contributed by atoms with van der Waals surface area (Å²) in [5, 5.41) is 15.4. The number of β-amino-alcohol motifs (C(OH)–C–C–N with tert-alkyl or cyclic N) is 1. The number of halogens is 2. The summed E-state index contributed by atoms with van der Waals surface area (Å²) in [6.45, 7) is 5.39. The van der Waals surface area contributed by atoms with Gasteiger partial charge in [0.25, 0.3) is 0 Å². The molecule has 1 aliphatic rings. The van der Waals surface area contributed by atoms with E-state index in [1.807, 2.05) is 0 Å². The van der Waals surface area contributed by atoms with Crippen LogP contribution < -0.4 is 10.6 Å².